The minimum atomic E-state index is -4.92. The van der Waals surface area contributed by atoms with E-state index in [9.17, 15) is 9.59 Å². The summed E-state index contributed by atoms with van der Waals surface area (Å²) in [6.45, 7) is 0. The van der Waals surface area contributed by atoms with Crippen LogP contribution in [0.5, 0.6) is 0 Å². The lowest BCUT2D eigenvalue weighted by atomic mass is 9.83. The third-order valence-corrected chi connectivity index (χ3v) is 4.72. The summed E-state index contributed by atoms with van der Waals surface area (Å²) in [5, 5.41) is 2.40. The van der Waals surface area contributed by atoms with Crippen LogP contribution in [-0.2, 0) is 20.0 Å². The molecule has 1 aromatic rings. The number of nitrogens with zero attached hydrogens (tertiary/aromatic N) is 1. The highest BCUT2D eigenvalue weighted by atomic mass is 32.3. The van der Waals surface area contributed by atoms with Crippen LogP contribution in [0.15, 0.2) is 18.3 Å². The molecule has 0 radical (unpaired) electrons. The Morgan fingerprint density at radius 2 is 1.77 bits per heavy atom. The van der Waals surface area contributed by atoms with Crippen LogP contribution in [0.4, 0.5) is 0 Å². The summed E-state index contributed by atoms with van der Waals surface area (Å²) in [5.74, 6) is -0.0808. The van der Waals surface area contributed by atoms with Gasteiger partial charge in [-0.1, -0.05) is 6.07 Å². The van der Waals surface area contributed by atoms with Crippen molar-refractivity contribution in [1.29, 1.82) is 0 Å². The summed E-state index contributed by atoms with van der Waals surface area (Å²) in [7, 11) is -4.92. The number of nitrogens with one attached hydrogen (secondary N) is 1. The van der Waals surface area contributed by atoms with Crippen LogP contribution in [0.2, 0.25) is 0 Å². The number of piperidine rings is 1. The van der Waals surface area contributed by atoms with Crippen LogP contribution in [0.25, 0.3) is 0 Å². The lowest BCUT2D eigenvalue weighted by molar-refractivity contribution is -0.425. The first-order valence-electron chi connectivity index (χ1n) is 8.44. The van der Waals surface area contributed by atoms with Crippen molar-refractivity contribution in [3.8, 4) is 0 Å². The van der Waals surface area contributed by atoms with Gasteiger partial charge in [0.1, 0.15) is 0 Å². The number of aromatic nitrogens is 1. The Morgan fingerprint density at radius 1 is 1.15 bits per heavy atom. The van der Waals surface area contributed by atoms with Crippen molar-refractivity contribution < 1.29 is 32.8 Å². The second-order valence-corrected chi connectivity index (χ2v) is 7.52. The van der Waals surface area contributed by atoms with Gasteiger partial charge in [-0.15, -0.1) is 0 Å². The normalized spacial score (nSPS) is 26.5. The SMILES string of the molecule is O=S(=O)([O-])O.[NH3+]C1CCC(c2ccc(C3CCC(=O)NC3=O)cn2)CC1. The van der Waals surface area contributed by atoms with Crippen LogP contribution in [0.3, 0.4) is 0 Å². The third-order valence-electron chi connectivity index (χ3n) is 4.72. The maximum absolute atomic E-state index is 11.9. The largest absolute Gasteiger partial charge is 0.726 e. The molecule has 1 aliphatic carbocycles. The lowest BCUT2D eigenvalue weighted by Gasteiger charge is -2.24. The average Bonchev–Trinajstić information content (AvgIpc) is 2.54. The van der Waals surface area contributed by atoms with Crippen molar-refractivity contribution in [2.45, 2.75) is 56.4 Å². The van der Waals surface area contributed by atoms with Crippen molar-refractivity contribution in [3.63, 3.8) is 0 Å². The fourth-order valence-corrected chi connectivity index (χ4v) is 3.33. The van der Waals surface area contributed by atoms with Gasteiger partial charge in [0.15, 0.2) is 0 Å². The molecule has 1 saturated carbocycles. The molecule has 1 saturated heterocycles. The standard InChI is InChI=1S/C16H21N3O2.H2O4S/c17-12-4-1-10(2-5-12)14-7-3-11(9-18-14)13-6-8-15(20)19-16(13)21;1-5(2,3)4/h3,7,9-10,12-13H,1-2,4-6,8,17H2,(H,19,20,21);(H2,1,2,3,4). The molecule has 10 heteroatoms. The predicted molar refractivity (Wildman–Crippen MR) is 89.6 cm³/mol. The molecule has 144 valence electrons. The highest BCUT2D eigenvalue weighted by Gasteiger charge is 2.28. The molecule has 1 aromatic heterocycles. The van der Waals surface area contributed by atoms with E-state index in [1.54, 1.807) is 0 Å². The molecule has 2 amide bonds. The molecule has 1 atom stereocenters. The average molecular weight is 385 g/mol. The van der Waals surface area contributed by atoms with E-state index in [4.69, 9.17) is 17.5 Å². The topological polar surface area (TPSA) is 164 Å². The van der Waals surface area contributed by atoms with E-state index in [0.717, 1.165) is 24.1 Å². The molecule has 0 aromatic carbocycles. The molecule has 5 N–H and O–H groups in total. The molecule has 2 aliphatic rings. The zero-order chi connectivity index (χ0) is 19.3. The lowest BCUT2D eigenvalue weighted by Crippen LogP contribution is -2.61. The summed E-state index contributed by atoms with van der Waals surface area (Å²) >= 11 is 0. The Bertz CT molecular complexity index is 734. The highest BCUT2D eigenvalue weighted by molar-refractivity contribution is 7.79. The molecule has 2 heterocycles. The monoisotopic (exact) mass is 385 g/mol. The van der Waals surface area contributed by atoms with Crippen LogP contribution in [0, 0.1) is 0 Å². The van der Waals surface area contributed by atoms with Crippen molar-refractivity contribution in [1.82, 2.24) is 10.3 Å². The molecule has 9 nitrogen and oxygen atoms in total. The van der Waals surface area contributed by atoms with Crippen molar-refractivity contribution in [3.05, 3.63) is 29.6 Å². The molecule has 26 heavy (non-hydrogen) atoms. The van der Waals surface area contributed by atoms with E-state index in [0.29, 0.717) is 24.8 Å². The van der Waals surface area contributed by atoms with Gasteiger partial charge in [-0.3, -0.25) is 24.4 Å². The number of rotatable bonds is 2. The molecule has 0 bridgehead atoms. The Labute approximate surface area is 152 Å². The summed E-state index contributed by atoms with van der Waals surface area (Å²) in [6.07, 6.45) is 7.44. The van der Waals surface area contributed by atoms with Gasteiger partial charge in [0.05, 0.1) is 12.0 Å². The molecule has 1 aliphatic heterocycles. The van der Waals surface area contributed by atoms with Crippen molar-refractivity contribution in [2.75, 3.05) is 0 Å². The molecular weight excluding hydrogens is 362 g/mol. The maximum atomic E-state index is 11.9. The minimum absolute atomic E-state index is 0.175. The molecule has 3 rings (SSSR count). The number of hydrogen-bond donors (Lipinski definition) is 3. The van der Waals surface area contributed by atoms with Gasteiger partial charge in [0.2, 0.25) is 22.2 Å². The summed E-state index contributed by atoms with van der Waals surface area (Å²) < 4.78 is 32.8. The Hall–Kier alpha value is -1.88. The first-order valence-corrected chi connectivity index (χ1v) is 9.81. The molecule has 2 fully saturated rings. The maximum Gasteiger partial charge on any atom is 0.234 e. The predicted octanol–water partition coefficient (Wildman–Crippen LogP) is -0.125. The molecule has 1 unspecified atom stereocenters. The number of pyridine rings is 1. The highest BCUT2D eigenvalue weighted by Crippen LogP contribution is 2.31. The summed E-state index contributed by atoms with van der Waals surface area (Å²) in [5.41, 5.74) is 6.16. The van der Waals surface area contributed by atoms with E-state index in [1.807, 2.05) is 18.3 Å². The van der Waals surface area contributed by atoms with Gasteiger partial charge in [-0.25, -0.2) is 8.42 Å². The number of carbonyl (C=O) groups is 2. The van der Waals surface area contributed by atoms with Gasteiger partial charge in [-0.2, -0.15) is 0 Å². The second-order valence-electron chi connectivity index (χ2n) is 6.67. The number of hydrogen-bond acceptors (Lipinski definition) is 6. The number of quaternary nitrogens is 1. The van der Waals surface area contributed by atoms with Crippen molar-refractivity contribution >= 4 is 22.2 Å². The van der Waals surface area contributed by atoms with E-state index in [2.05, 4.69) is 16.0 Å². The Morgan fingerprint density at radius 3 is 2.27 bits per heavy atom. The van der Waals surface area contributed by atoms with Gasteiger partial charge in [0.25, 0.3) is 0 Å². The smallest absolute Gasteiger partial charge is 0.234 e. The second kappa shape index (κ2) is 8.67. The Kier molecular flexibility index (Phi) is 6.81. The van der Waals surface area contributed by atoms with Gasteiger partial charge < -0.3 is 10.3 Å². The van der Waals surface area contributed by atoms with Gasteiger partial charge in [0, 0.05) is 24.2 Å². The molecule has 0 spiro atoms. The van der Waals surface area contributed by atoms with E-state index in [1.165, 1.54) is 12.8 Å². The minimum Gasteiger partial charge on any atom is -0.726 e. The Balaban J connectivity index is 0.000000431. The number of carbonyl (C=O) groups excluding carboxylic acids is 2. The first kappa shape index (κ1) is 20.4. The quantitative estimate of drug-likeness (QED) is 0.362. The van der Waals surface area contributed by atoms with E-state index >= 15 is 0 Å². The summed E-state index contributed by atoms with van der Waals surface area (Å²) in [4.78, 5) is 27.6. The third kappa shape index (κ3) is 6.45. The molecular formula is C16H23N3O6S. The fraction of sp³-hybridized carbons (Fsp3) is 0.562. The van der Waals surface area contributed by atoms with Crippen molar-refractivity contribution in [2.24, 2.45) is 0 Å². The fourth-order valence-electron chi connectivity index (χ4n) is 3.33. The zero-order valence-electron chi connectivity index (χ0n) is 14.3. The van der Waals surface area contributed by atoms with Gasteiger partial charge >= 0.3 is 0 Å². The number of imide groups is 1. The summed E-state index contributed by atoms with van der Waals surface area (Å²) in [6, 6.07) is 4.63. The number of amides is 2. The first-order chi connectivity index (χ1) is 12.1. The van der Waals surface area contributed by atoms with Crippen LogP contribution in [-0.4, -0.2) is 40.4 Å². The van der Waals surface area contributed by atoms with Crippen LogP contribution >= 0.6 is 0 Å². The van der Waals surface area contributed by atoms with E-state index < -0.39 is 10.4 Å². The zero-order valence-corrected chi connectivity index (χ0v) is 15.1. The van der Waals surface area contributed by atoms with Crippen LogP contribution < -0.4 is 11.1 Å². The van der Waals surface area contributed by atoms with Gasteiger partial charge in [-0.05, 0) is 43.7 Å². The van der Waals surface area contributed by atoms with Crippen LogP contribution in [0.1, 0.15) is 61.6 Å². The van der Waals surface area contributed by atoms with E-state index in [-0.39, 0.29) is 17.7 Å².